The van der Waals surface area contributed by atoms with Crippen molar-refractivity contribution in [3.8, 4) is 22.7 Å². The second-order valence-electron chi connectivity index (χ2n) is 9.20. The molecule has 4 heterocycles. The van der Waals surface area contributed by atoms with Gasteiger partial charge in [-0.25, -0.2) is 4.98 Å². The molecule has 0 fully saturated rings. The molecule has 4 heteroatoms. The van der Waals surface area contributed by atoms with Gasteiger partial charge in [-0.2, -0.15) is 0 Å². The summed E-state index contributed by atoms with van der Waals surface area (Å²) in [5.74, 6) is 0.717. The largest absolute Gasteiger partial charge is 0.463 e. The van der Waals surface area contributed by atoms with E-state index in [9.17, 15) is 0 Å². The van der Waals surface area contributed by atoms with Crippen LogP contribution >= 0.6 is 0 Å². The first-order valence-electron chi connectivity index (χ1n) is 10.7. The van der Waals surface area contributed by atoms with E-state index in [2.05, 4.69) is 62.2 Å². The highest BCUT2D eigenvalue weighted by Gasteiger charge is 2.20. The molecule has 0 amide bonds. The first-order valence-corrected chi connectivity index (χ1v) is 10.7. The number of fused-ring (bicyclic) bond motifs is 3. The maximum absolute atomic E-state index is 6.19. The fourth-order valence-electron chi connectivity index (χ4n) is 4.39. The highest BCUT2D eigenvalue weighted by Crippen LogP contribution is 2.38. The molecule has 6 rings (SSSR count). The average molecular weight is 418 g/mol. The molecule has 0 aliphatic carbocycles. The van der Waals surface area contributed by atoms with Crippen LogP contribution in [0.2, 0.25) is 0 Å². The number of aromatic nitrogens is 2. The molecular weight excluding hydrogens is 396 g/mol. The smallest absolute Gasteiger partial charge is 0.153 e. The Morgan fingerprint density at radius 1 is 0.781 bits per heavy atom. The molecule has 0 unspecified atom stereocenters. The molecule has 0 aliphatic rings. The lowest BCUT2D eigenvalue weighted by Gasteiger charge is -2.22. The zero-order valence-electron chi connectivity index (χ0n) is 18.2. The summed E-state index contributed by atoms with van der Waals surface area (Å²) in [5.41, 5.74) is 5.65. The van der Waals surface area contributed by atoms with Gasteiger partial charge in [0.1, 0.15) is 11.3 Å². The summed E-state index contributed by atoms with van der Waals surface area (Å²) in [6.45, 7) is 6.75. The number of hydrogen-bond acceptors (Lipinski definition) is 4. The van der Waals surface area contributed by atoms with Crippen LogP contribution in [0.25, 0.3) is 55.4 Å². The molecule has 0 saturated carbocycles. The van der Waals surface area contributed by atoms with Gasteiger partial charge in [-0.05, 0) is 58.1 Å². The molecule has 156 valence electrons. The molecular formula is C28H22N2O2. The topological polar surface area (TPSA) is 52.1 Å². The van der Waals surface area contributed by atoms with Crippen LogP contribution in [0.1, 0.15) is 26.3 Å². The molecule has 0 N–H and O–H groups in total. The Labute approximate surface area is 185 Å². The Morgan fingerprint density at radius 2 is 1.66 bits per heavy atom. The minimum Gasteiger partial charge on any atom is -0.463 e. The van der Waals surface area contributed by atoms with Crippen LogP contribution in [-0.4, -0.2) is 9.97 Å². The van der Waals surface area contributed by atoms with Crippen LogP contribution in [0.15, 0.2) is 88.2 Å². The van der Waals surface area contributed by atoms with Crippen molar-refractivity contribution in [2.75, 3.05) is 0 Å². The van der Waals surface area contributed by atoms with Gasteiger partial charge in [0.05, 0.1) is 18.2 Å². The van der Waals surface area contributed by atoms with Crippen molar-refractivity contribution in [3.05, 3.63) is 84.9 Å². The van der Waals surface area contributed by atoms with Crippen LogP contribution in [0.3, 0.4) is 0 Å². The Morgan fingerprint density at radius 3 is 2.53 bits per heavy atom. The van der Waals surface area contributed by atoms with Crippen molar-refractivity contribution in [1.82, 2.24) is 9.97 Å². The van der Waals surface area contributed by atoms with Gasteiger partial charge in [0.2, 0.25) is 0 Å². The normalized spacial score (nSPS) is 12.2. The SMILES string of the molecule is CC(C)(C)c1cc(-c2nccc3oc(-c4cc5ccoc5cn4)cc23)cc2ccccc12. The Hall–Kier alpha value is -3.92. The van der Waals surface area contributed by atoms with Crippen LogP contribution < -0.4 is 0 Å². The van der Waals surface area contributed by atoms with E-state index < -0.39 is 0 Å². The van der Waals surface area contributed by atoms with Gasteiger partial charge >= 0.3 is 0 Å². The fourth-order valence-corrected chi connectivity index (χ4v) is 4.39. The van der Waals surface area contributed by atoms with Gasteiger partial charge in [-0.15, -0.1) is 0 Å². The van der Waals surface area contributed by atoms with E-state index >= 15 is 0 Å². The van der Waals surface area contributed by atoms with E-state index in [1.165, 1.54) is 16.3 Å². The van der Waals surface area contributed by atoms with Crippen molar-refractivity contribution in [3.63, 3.8) is 0 Å². The maximum atomic E-state index is 6.19. The molecule has 0 spiro atoms. The third kappa shape index (κ3) is 2.99. The summed E-state index contributed by atoms with van der Waals surface area (Å²) in [7, 11) is 0. The third-order valence-corrected chi connectivity index (χ3v) is 5.98. The number of nitrogens with zero attached hydrogens (tertiary/aromatic N) is 2. The first-order chi connectivity index (χ1) is 15.5. The van der Waals surface area contributed by atoms with Crippen LogP contribution in [0.5, 0.6) is 0 Å². The second-order valence-corrected chi connectivity index (χ2v) is 9.20. The van der Waals surface area contributed by atoms with E-state index in [1.54, 1.807) is 12.5 Å². The van der Waals surface area contributed by atoms with E-state index in [1.807, 2.05) is 30.5 Å². The Balaban J connectivity index is 1.56. The van der Waals surface area contributed by atoms with E-state index in [0.29, 0.717) is 5.76 Å². The number of furan rings is 2. The molecule has 6 aromatic rings. The molecule has 4 aromatic heterocycles. The lowest BCUT2D eigenvalue weighted by atomic mass is 9.82. The predicted octanol–water partition coefficient (Wildman–Crippen LogP) is 7.75. The Kier molecular flexibility index (Phi) is 3.99. The molecule has 4 nitrogen and oxygen atoms in total. The highest BCUT2D eigenvalue weighted by molar-refractivity contribution is 5.98. The molecule has 32 heavy (non-hydrogen) atoms. The lowest BCUT2D eigenvalue weighted by Crippen LogP contribution is -2.12. The highest BCUT2D eigenvalue weighted by atomic mass is 16.3. The summed E-state index contributed by atoms with van der Waals surface area (Å²) < 4.78 is 11.6. The van der Waals surface area contributed by atoms with Gasteiger partial charge in [-0.1, -0.05) is 45.0 Å². The van der Waals surface area contributed by atoms with Crippen molar-refractivity contribution in [2.45, 2.75) is 26.2 Å². The standard InChI is InChI=1S/C28H22N2O2/c1-28(2,3)22-13-19(12-17-6-4-5-7-20(17)22)27-21-15-25(32-24(21)8-10-29-27)23-14-18-9-11-31-26(18)16-30-23/h4-16H,1-3H3. The number of hydrogen-bond donors (Lipinski definition) is 0. The summed E-state index contributed by atoms with van der Waals surface area (Å²) in [6, 6.07) is 20.9. The summed E-state index contributed by atoms with van der Waals surface area (Å²) in [5, 5.41) is 4.47. The second kappa shape index (κ2) is 6.79. The minimum absolute atomic E-state index is 0.00892. The van der Waals surface area contributed by atoms with Crippen molar-refractivity contribution < 1.29 is 8.83 Å². The number of benzene rings is 2. The summed E-state index contributed by atoms with van der Waals surface area (Å²) >= 11 is 0. The summed E-state index contributed by atoms with van der Waals surface area (Å²) in [6.07, 6.45) is 5.21. The third-order valence-electron chi connectivity index (χ3n) is 5.98. The number of pyridine rings is 2. The van der Waals surface area contributed by atoms with E-state index in [4.69, 9.17) is 13.8 Å². The van der Waals surface area contributed by atoms with Crippen molar-refractivity contribution in [1.29, 1.82) is 0 Å². The van der Waals surface area contributed by atoms with Gasteiger partial charge in [0, 0.05) is 22.5 Å². The van der Waals surface area contributed by atoms with E-state index in [0.717, 1.165) is 38.9 Å². The number of rotatable bonds is 2. The van der Waals surface area contributed by atoms with Gasteiger partial charge in [0.15, 0.2) is 11.3 Å². The zero-order chi connectivity index (χ0) is 21.9. The molecule has 0 bridgehead atoms. The fraction of sp³-hybridized carbons (Fsp3) is 0.143. The van der Waals surface area contributed by atoms with Gasteiger partial charge in [-0.3, -0.25) is 4.98 Å². The summed E-state index contributed by atoms with van der Waals surface area (Å²) in [4.78, 5) is 9.29. The van der Waals surface area contributed by atoms with Gasteiger partial charge < -0.3 is 8.83 Å². The van der Waals surface area contributed by atoms with Crippen molar-refractivity contribution in [2.24, 2.45) is 0 Å². The molecule has 0 radical (unpaired) electrons. The van der Waals surface area contributed by atoms with Crippen molar-refractivity contribution >= 4 is 32.7 Å². The monoisotopic (exact) mass is 418 g/mol. The molecule has 0 saturated heterocycles. The zero-order valence-corrected chi connectivity index (χ0v) is 18.2. The Bertz CT molecular complexity index is 1620. The van der Waals surface area contributed by atoms with Crippen LogP contribution in [0.4, 0.5) is 0 Å². The minimum atomic E-state index is 0.00892. The predicted molar refractivity (Wildman–Crippen MR) is 129 cm³/mol. The average Bonchev–Trinajstić information content (AvgIpc) is 3.43. The first kappa shape index (κ1) is 18.8. The van der Waals surface area contributed by atoms with E-state index in [-0.39, 0.29) is 5.41 Å². The molecule has 0 aliphatic heterocycles. The quantitative estimate of drug-likeness (QED) is 0.288. The van der Waals surface area contributed by atoms with Gasteiger partial charge in [0.25, 0.3) is 0 Å². The lowest BCUT2D eigenvalue weighted by molar-refractivity contribution is 0.596. The maximum Gasteiger partial charge on any atom is 0.153 e. The van der Waals surface area contributed by atoms with Crippen LogP contribution in [-0.2, 0) is 5.41 Å². The van der Waals surface area contributed by atoms with Crippen LogP contribution in [0, 0.1) is 0 Å². The molecule has 2 aromatic carbocycles. The molecule has 0 atom stereocenters.